The predicted octanol–water partition coefficient (Wildman–Crippen LogP) is 2.36. The van der Waals surface area contributed by atoms with Crippen molar-refractivity contribution in [2.75, 3.05) is 23.3 Å². The van der Waals surface area contributed by atoms with Gasteiger partial charge in [0.2, 0.25) is 11.9 Å². The first kappa shape index (κ1) is 18.3. The summed E-state index contributed by atoms with van der Waals surface area (Å²) in [7, 11) is 1.84. The molecule has 1 amide bonds. The molecule has 0 aliphatic carbocycles. The third kappa shape index (κ3) is 3.65. The van der Waals surface area contributed by atoms with Gasteiger partial charge in [0.15, 0.2) is 0 Å². The summed E-state index contributed by atoms with van der Waals surface area (Å²) in [5.74, 6) is 1.02. The van der Waals surface area contributed by atoms with E-state index in [0.717, 1.165) is 36.3 Å². The van der Waals surface area contributed by atoms with E-state index < -0.39 is 0 Å². The number of fused-ring (bicyclic) bond motifs is 1. The predicted molar refractivity (Wildman–Crippen MR) is 109 cm³/mol. The molecule has 0 spiro atoms. The maximum absolute atomic E-state index is 11.7. The summed E-state index contributed by atoms with van der Waals surface area (Å²) in [5.41, 5.74) is 1.44. The van der Waals surface area contributed by atoms with Crippen LogP contribution < -0.4 is 15.5 Å². The number of rotatable bonds is 5. The summed E-state index contributed by atoms with van der Waals surface area (Å²) in [6, 6.07) is 0.0247. The number of H-pyrrole nitrogens is 1. The standard InChI is InChI=1S/C18H21ClN8O/c1-3-14(28)22-11-5-4-6-27(10-11)17-15-13(19)8-20-16(15)24-18(25-17)23-12-7-21-26(2)9-12/h3,7-9,11H,1,4-6,10H2,2H3,(H,22,28)(H2,20,23,24,25). The molecular weight excluding hydrogens is 380 g/mol. The van der Waals surface area contributed by atoms with Gasteiger partial charge in [-0.15, -0.1) is 0 Å². The highest BCUT2D eigenvalue weighted by atomic mass is 35.5. The monoisotopic (exact) mass is 400 g/mol. The van der Waals surface area contributed by atoms with Crippen LogP contribution in [-0.2, 0) is 11.8 Å². The summed E-state index contributed by atoms with van der Waals surface area (Å²) in [5, 5.41) is 11.6. The van der Waals surface area contributed by atoms with E-state index in [9.17, 15) is 4.79 Å². The van der Waals surface area contributed by atoms with E-state index >= 15 is 0 Å². The van der Waals surface area contributed by atoms with Crippen LogP contribution in [0.15, 0.2) is 31.2 Å². The van der Waals surface area contributed by atoms with Crippen molar-refractivity contribution in [2.24, 2.45) is 7.05 Å². The van der Waals surface area contributed by atoms with Gasteiger partial charge in [-0.25, -0.2) is 0 Å². The molecule has 0 bridgehead atoms. The Labute approximate surface area is 166 Å². The van der Waals surface area contributed by atoms with Gasteiger partial charge in [0, 0.05) is 38.6 Å². The molecule has 10 heteroatoms. The van der Waals surface area contributed by atoms with E-state index in [0.29, 0.717) is 23.2 Å². The zero-order chi connectivity index (χ0) is 19.7. The zero-order valence-corrected chi connectivity index (χ0v) is 16.2. The van der Waals surface area contributed by atoms with E-state index in [-0.39, 0.29) is 11.9 Å². The van der Waals surface area contributed by atoms with E-state index in [1.165, 1.54) is 6.08 Å². The van der Waals surface area contributed by atoms with Gasteiger partial charge in [-0.05, 0) is 18.9 Å². The Hall–Kier alpha value is -3.07. The molecule has 4 heterocycles. The number of halogens is 1. The van der Waals surface area contributed by atoms with Gasteiger partial charge >= 0.3 is 0 Å². The van der Waals surface area contributed by atoms with Crippen LogP contribution in [0.5, 0.6) is 0 Å². The molecule has 1 aliphatic rings. The number of anilines is 3. The van der Waals surface area contributed by atoms with Gasteiger partial charge in [0.1, 0.15) is 11.5 Å². The summed E-state index contributed by atoms with van der Waals surface area (Å²) in [6.45, 7) is 4.98. The van der Waals surface area contributed by atoms with Gasteiger partial charge < -0.3 is 20.5 Å². The van der Waals surface area contributed by atoms with Crippen LogP contribution in [-0.4, -0.2) is 49.8 Å². The summed E-state index contributed by atoms with van der Waals surface area (Å²) < 4.78 is 1.70. The molecular formula is C18H21ClN8O. The van der Waals surface area contributed by atoms with Crippen molar-refractivity contribution in [2.45, 2.75) is 18.9 Å². The molecule has 0 radical (unpaired) electrons. The lowest BCUT2D eigenvalue weighted by Gasteiger charge is -2.34. The number of nitrogens with zero attached hydrogens (tertiary/aromatic N) is 5. The molecule has 4 rings (SSSR count). The number of hydrogen-bond acceptors (Lipinski definition) is 6. The lowest BCUT2D eigenvalue weighted by molar-refractivity contribution is -0.117. The molecule has 1 saturated heterocycles. The Morgan fingerprint density at radius 1 is 1.46 bits per heavy atom. The van der Waals surface area contributed by atoms with Gasteiger partial charge in [-0.2, -0.15) is 15.1 Å². The van der Waals surface area contributed by atoms with Crippen molar-refractivity contribution >= 4 is 46.0 Å². The Morgan fingerprint density at radius 3 is 3.07 bits per heavy atom. The second-order valence-electron chi connectivity index (χ2n) is 6.76. The molecule has 3 aromatic heterocycles. The molecule has 1 fully saturated rings. The fraction of sp³-hybridized carbons (Fsp3) is 0.333. The molecule has 1 aliphatic heterocycles. The van der Waals surface area contributed by atoms with Crippen LogP contribution >= 0.6 is 11.6 Å². The summed E-state index contributed by atoms with van der Waals surface area (Å²) >= 11 is 6.40. The second-order valence-corrected chi connectivity index (χ2v) is 7.16. The Balaban J connectivity index is 1.67. The highest BCUT2D eigenvalue weighted by molar-refractivity contribution is 6.36. The normalized spacial score (nSPS) is 16.9. The quantitative estimate of drug-likeness (QED) is 0.568. The minimum absolute atomic E-state index is 0.0247. The van der Waals surface area contributed by atoms with Gasteiger partial charge in [0.25, 0.3) is 0 Å². The number of carbonyl (C=O) groups excluding carboxylic acids is 1. The SMILES string of the molecule is C=CC(=O)NC1CCCN(c2nc(Nc3cnn(C)c3)nc3[nH]cc(Cl)c23)C1. The van der Waals surface area contributed by atoms with Crippen LogP contribution in [0, 0.1) is 0 Å². The molecule has 28 heavy (non-hydrogen) atoms. The van der Waals surface area contributed by atoms with E-state index in [1.54, 1.807) is 17.1 Å². The number of aromatic nitrogens is 5. The number of piperidine rings is 1. The minimum atomic E-state index is -0.168. The molecule has 0 saturated carbocycles. The Morgan fingerprint density at radius 2 is 2.32 bits per heavy atom. The average Bonchev–Trinajstić information content (AvgIpc) is 3.27. The highest BCUT2D eigenvalue weighted by Crippen LogP contribution is 2.33. The zero-order valence-electron chi connectivity index (χ0n) is 15.4. The second kappa shape index (κ2) is 7.51. The molecule has 1 unspecified atom stereocenters. The van der Waals surface area contributed by atoms with E-state index in [2.05, 4.69) is 37.2 Å². The number of aromatic amines is 1. The number of hydrogen-bond donors (Lipinski definition) is 3. The van der Waals surface area contributed by atoms with Crippen molar-refractivity contribution in [3.05, 3.63) is 36.3 Å². The van der Waals surface area contributed by atoms with Crippen molar-refractivity contribution in [1.29, 1.82) is 0 Å². The van der Waals surface area contributed by atoms with Crippen molar-refractivity contribution in [3.63, 3.8) is 0 Å². The topological polar surface area (TPSA) is 104 Å². The Kier molecular flexibility index (Phi) is 4.91. The van der Waals surface area contributed by atoms with Gasteiger partial charge in [-0.3, -0.25) is 9.48 Å². The third-order valence-electron chi connectivity index (χ3n) is 4.68. The van der Waals surface area contributed by atoms with E-state index in [1.807, 2.05) is 13.2 Å². The first-order chi connectivity index (χ1) is 13.5. The lowest BCUT2D eigenvalue weighted by atomic mass is 10.1. The van der Waals surface area contributed by atoms with Gasteiger partial charge in [0.05, 0.1) is 22.3 Å². The lowest BCUT2D eigenvalue weighted by Crippen LogP contribution is -2.47. The van der Waals surface area contributed by atoms with Crippen molar-refractivity contribution < 1.29 is 4.79 Å². The number of carbonyl (C=O) groups is 1. The van der Waals surface area contributed by atoms with Crippen LogP contribution in [0.1, 0.15) is 12.8 Å². The fourth-order valence-electron chi connectivity index (χ4n) is 3.42. The Bertz CT molecular complexity index is 1030. The maximum atomic E-state index is 11.7. The summed E-state index contributed by atoms with van der Waals surface area (Å²) in [4.78, 5) is 26.2. The molecule has 3 aromatic rings. The first-order valence-electron chi connectivity index (χ1n) is 9.01. The highest BCUT2D eigenvalue weighted by Gasteiger charge is 2.25. The van der Waals surface area contributed by atoms with E-state index in [4.69, 9.17) is 16.6 Å². The summed E-state index contributed by atoms with van der Waals surface area (Å²) in [6.07, 6.45) is 8.39. The average molecular weight is 401 g/mol. The van der Waals surface area contributed by atoms with Crippen molar-refractivity contribution in [1.82, 2.24) is 30.0 Å². The molecule has 9 nitrogen and oxygen atoms in total. The van der Waals surface area contributed by atoms with Crippen molar-refractivity contribution in [3.8, 4) is 0 Å². The van der Waals surface area contributed by atoms with Crippen LogP contribution in [0.2, 0.25) is 5.02 Å². The fourth-order valence-corrected chi connectivity index (χ4v) is 3.65. The molecule has 1 atom stereocenters. The van der Waals surface area contributed by atoms with Crippen LogP contribution in [0.25, 0.3) is 11.0 Å². The maximum Gasteiger partial charge on any atom is 0.243 e. The number of aryl methyl sites for hydroxylation is 1. The largest absolute Gasteiger partial charge is 0.354 e. The minimum Gasteiger partial charge on any atom is -0.354 e. The molecule has 146 valence electrons. The van der Waals surface area contributed by atoms with Gasteiger partial charge in [-0.1, -0.05) is 18.2 Å². The van der Waals surface area contributed by atoms with Crippen LogP contribution in [0.4, 0.5) is 17.5 Å². The molecule has 3 N–H and O–H groups in total. The first-order valence-corrected chi connectivity index (χ1v) is 9.39. The molecule has 0 aromatic carbocycles. The number of amides is 1. The number of nitrogens with one attached hydrogen (secondary N) is 3. The van der Waals surface area contributed by atoms with Crippen LogP contribution in [0.3, 0.4) is 0 Å². The third-order valence-corrected chi connectivity index (χ3v) is 4.98. The smallest absolute Gasteiger partial charge is 0.243 e.